The number of aryl methyl sites for hydroxylation is 2. The molecular formula is C14H22N4S. The third-order valence-corrected chi connectivity index (χ3v) is 5.20. The predicted molar refractivity (Wildman–Crippen MR) is 81.0 cm³/mol. The third-order valence-electron chi connectivity index (χ3n) is 4.01. The molecule has 4 nitrogen and oxygen atoms in total. The first-order valence-electron chi connectivity index (χ1n) is 7.27. The van der Waals surface area contributed by atoms with Gasteiger partial charge in [0.15, 0.2) is 10.8 Å². The lowest BCUT2D eigenvalue weighted by atomic mass is 10.2. The first kappa shape index (κ1) is 12.9. The number of anilines is 1. The summed E-state index contributed by atoms with van der Waals surface area (Å²) in [6, 6.07) is 0.703. The van der Waals surface area contributed by atoms with Gasteiger partial charge in [-0.25, -0.2) is 9.67 Å². The van der Waals surface area contributed by atoms with E-state index in [9.17, 15) is 0 Å². The molecule has 0 aliphatic heterocycles. The zero-order valence-corrected chi connectivity index (χ0v) is 12.8. The average molecular weight is 278 g/mol. The highest BCUT2D eigenvalue weighted by atomic mass is 32.1. The Morgan fingerprint density at radius 3 is 2.74 bits per heavy atom. The van der Waals surface area contributed by atoms with Gasteiger partial charge in [0.05, 0.1) is 10.4 Å². The van der Waals surface area contributed by atoms with Crippen LogP contribution in [0.15, 0.2) is 0 Å². The number of nitrogens with zero attached hydrogens (tertiary/aromatic N) is 4. The molecule has 1 aliphatic rings. The average Bonchev–Trinajstić information content (AvgIpc) is 3.08. The SMILES string of the molecule is CCCN(c1nc2c(s1)c(C)nn2C)C1CCCC1. The highest BCUT2D eigenvalue weighted by Crippen LogP contribution is 2.35. The zero-order chi connectivity index (χ0) is 13.4. The molecule has 1 fully saturated rings. The summed E-state index contributed by atoms with van der Waals surface area (Å²) in [7, 11) is 1.98. The van der Waals surface area contributed by atoms with E-state index >= 15 is 0 Å². The maximum Gasteiger partial charge on any atom is 0.188 e. The number of hydrogen-bond acceptors (Lipinski definition) is 4. The first-order chi connectivity index (χ1) is 9.20. The smallest absolute Gasteiger partial charge is 0.188 e. The lowest BCUT2D eigenvalue weighted by molar-refractivity contribution is 0.599. The zero-order valence-electron chi connectivity index (χ0n) is 12.0. The van der Waals surface area contributed by atoms with Crippen molar-refractivity contribution in [3.63, 3.8) is 0 Å². The number of hydrogen-bond donors (Lipinski definition) is 0. The minimum Gasteiger partial charge on any atom is -0.345 e. The number of aromatic nitrogens is 3. The second-order valence-electron chi connectivity index (χ2n) is 5.49. The second-order valence-corrected chi connectivity index (χ2v) is 6.47. The van der Waals surface area contributed by atoms with E-state index < -0.39 is 0 Å². The van der Waals surface area contributed by atoms with E-state index in [4.69, 9.17) is 4.98 Å². The van der Waals surface area contributed by atoms with Crippen LogP contribution in [0, 0.1) is 6.92 Å². The van der Waals surface area contributed by atoms with Crippen molar-refractivity contribution in [3.05, 3.63) is 5.69 Å². The van der Waals surface area contributed by atoms with Gasteiger partial charge in [-0.2, -0.15) is 5.10 Å². The Morgan fingerprint density at radius 2 is 2.11 bits per heavy atom. The lowest BCUT2D eigenvalue weighted by Gasteiger charge is -2.28. The van der Waals surface area contributed by atoms with Crippen molar-refractivity contribution in [2.45, 2.75) is 52.0 Å². The fourth-order valence-electron chi connectivity index (χ4n) is 3.09. The Kier molecular flexibility index (Phi) is 3.48. The number of rotatable bonds is 4. The minimum absolute atomic E-state index is 0.703. The molecular weight excluding hydrogens is 256 g/mol. The molecule has 0 radical (unpaired) electrons. The summed E-state index contributed by atoms with van der Waals surface area (Å²) in [5.74, 6) is 0. The lowest BCUT2D eigenvalue weighted by Crippen LogP contribution is -2.33. The molecule has 5 heteroatoms. The van der Waals surface area contributed by atoms with Gasteiger partial charge in [-0.05, 0) is 26.2 Å². The van der Waals surface area contributed by atoms with E-state index in [0.717, 1.165) is 17.9 Å². The van der Waals surface area contributed by atoms with Crippen molar-refractivity contribution in [1.82, 2.24) is 14.8 Å². The molecule has 0 saturated heterocycles. The quantitative estimate of drug-likeness (QED) is 0.858. The van der Waals surface area contributed by atoms with Crippen LogP contribution in [0.2, 0.25) is 0 Å². The molecule has 1 saturated carbocycles. The fourth-order valence-corrected chi connectivity index (χ4v) is 4.22. The monoisotopic (exact) mass is 278 g/mol. The molecule has 0 spiro atoms. The highest BCUT2D eigenvalue weighted by molar-refractivity contribution is 7.22. The summed E-state index contributed by atoms with van der Waals surface area (Å²) in [6.07, 6.45) is 6.58. The molecule has 0 N–H and O–H groups in total. The maximum absolute atomic E-state index is 4.84. The van der Waals surface area contributed by atoms with Gasteiger partial charge in [0.25, 0.3) is 0 Å². The molecule has 2 aromatic heterocycles. The Hall–Kier alpha value is -1.10. The van der Waals surface area contributed by atoms with Gasteiger partial charge in [0, 0.05) is 19.6 Å². The number of fused-ring (bicyclic) bond motifs is 1. The molecule has 2 aromatic rings. The van der Waals surface area contributed by atoms with Crippen LogP contribution in [0.1, 0.15) is 44.7 Å². The van der Waals surface area contributed by atoms with E-state index in [1.54, 1.807) is 0 Å². The molecule has 0 aromatic carbocycles. The summed E-state index contributed by atoms with van der Waals surface area (Å²) < 4.78 is 3.15. The van der Waals surface area contributed by atoms with Crippen molar-refractivity contribution >= 4 is 26.8 Å². The molecule has 19 heavy (non-hydrogen) atoms. The molecule has 3 rings (SSSR count). The molecule has 0 atom stereocenters. The van der Waals surface area contributed by atoms with Crippen molar-refractivity contribution in [2.75, 3.05) is 11.4 Å². The standard InChI is InChI=1S/C14H22N4S/c1-4-9-18(11-7-5-6-8-11)14-15-13-12(19-14)10(2)16-17(13)3/h11H,4-9H2,1-3H3. The molecule has 0 unspecified atom stereocenters. The Morgan fingerprint density at radius 1 is 1.37 bits per heavy atom. The van der Waals surface area contributed by atoms with Gasteiger partial charge in [0.1, 0.15) is 0 Å². The van der Waals surface area contributed by atoms with E-state index in [2.05, 4.69) is 23.8 Å². The van der Waals surface area contributed by atoms with Crippen LogP contribution in [0.25, 0.3) is 10.3 Å². The van der Waals surface area contributed by atoms with Gasteiger partial charge in [0.2, 0.25) is 0 Å². The van der Waals surface area contributed by atoms with E-state index in [1.165, 1.54) is 41.9 Å². The molecule has 1 aliphatic carbocycles. The van der Waals surface area contributed by atoms with Gasteiger partial charge in [-0.1, -0.05) is 31.1 Å². The molecule has 0 amide bonds. The van der Waals surface area contributed by atoms with Gasteiger partial charge < -0.3 is 4.90 Å². The third kappa shape index (κ3) is 2.24. The fraction of sp³-hybridized carbons (Fsp3) is 0.714. The van der Waals surface area contributed by atoms with Gasteiger partial charge >= 0.3 is 0 Å². The Balaban J connectivity index is 1.97. The number of thiazole rings is 1. The van der Waals surface area contributed by atoms with Crippen LogP contribution >= 0.6 is 11.3 Å². The predicted octanol–water partition coefficient (Wildman–Crippen LogP) is 3.50. The van der Waals surface area contributed by atoms with Crippen molar-refractivity contribution in [3.8, 4) is 0 Å². The Labute approximate surface area is 118 Å². The molecule has 2 heterocycles. The van der Waals surface area contributed by atoms with Crippen LogP contribution < -0.4 is 4.90 Å². The Bertz CT molecular complexity index is 531. The summed E-state index contributed by atoms with van der Waals surface area (Å²) in [5, 5.41) is 5.63. The summed E-state index contributed by atoms with van der Waals surface area (Å²) >= 11 is 1.81. The largest absolute Gasteiger partial charge is 0.345 e. The molecule has 104 valence electrons. The minimum atomic E-state index is 0.703. The van der Waals surface area contributed by atoms with Crippen LogP contribution in [0.4, 0.5) is 5.13 Å². The van der Waals surface area contributed by atoms with E-state index in [-0.39, 0.29) is 0 Å². The summed E-state index contributed by atoms with van der Waals surface area (Å²) in [4.78, 5) is 7.38. The van der Waals surface area contributed by atoms with Gasteiger partial charge in [-0.15, -0.1) is 0 Å². The van der Waals surface area contributed by atoms with Crippen LogP contribution in [-0.4, -0.2) is 27.4 Å². The van der Waals surface area contributed by atoms with Crippen molar-refractivity contribution < 1.29 is 0 Å². The second kappa shape index (κ2) is 5.12. The van der Waals surface area contributed by atoms with E-state index in [0.29, 0.717) is 6.04 Å². The van der Waals surface area contributed by atoms with E-state index in [1.807, 2.05) is 23.1 Å². The van der Waals surface area contributed by atoms with Gasteiger partial charge in [-0.3, -0.25) is 0 Å². The summed E-state index contributed by atoms with van der Waals surface area (Å²) in [6.45, 7) is 5.45. The highest BCUT2D eigenvalue weighted by Gasteiger charge is 2.25. The molecule has 0 bridgehead atoms. The maximum atomic E-state index is 4.84. The first-order valence-corrected chi connectivity index (χ1v) is 8.09. The topological polar surface area (TPSA) is 34.0 Å². The van der Waals surface area contributed by atoms with Crippen molar-refractivity contribution in [1.29, 1.82) is 0 Å². The normalized spacial score (nSPS) is 16.6. The van der Waals surface area contributed by atoms with Crippen LogP contribution in [0.5, 0.6) is 0 Å². The van der Waals surface area contributed by atoms with Crippen molar-refractivity contribution in [2.24, 2.45) is 7.05 Å². The summed E-state index contributed by atoms with van der Waals surface area (Å²) in [5.41, 5.74) is 2.14. The van der Waals surface area contributed by atoms with Crippen LogP contribution in [-0.2, 0) is 7.05 Å². The van der Waals surface area contributed by atoms with Crippen LogP contribution in [0.3, 0.4) is 0 Å².